The minimum absolute atomic E-state index is 0.169. The van der Waals surface area contributed by atoms with Crippen LogP contribution in [-0.2, 0) is 4.79 Å². The van der Waals surface area contributed by atoms with Gasteiger partial charge in [0.1, 0.15) is 5.75 Å². The number of amides is 1. The summed E-state index contributed by atoms with van der Waals surface area (Å²) < 4.78 is 5.81. The summed E-state index contributed by atoms with van der Waals surface area (Å²) in [6.45, 7) is 7.83. The molecule has 1 unspecified atom stereocenters. The molecule has 1 atom stereocenters. The minimum Gasteiger partial charge on any atom is -0.493 e. The van der Waals surface area contributed by atoms with E-state index in [1.807, 2.05) is 0 Å². The summed E-state index contributed by atoms with van der Waals surface area (Å²) in [6, 6.07) is 6.24. The molecule has 1 fully saturated rings. The van der Waals surface area contributed by atoms with Gasteiger partial charge in [-0.15, -0.1) is 0 Å². The summed E-state index contributed by atoms with van der Waals surface area (Å²) >= 11 is 0. The third kappa shape index (κ3) is 6.61. The van der Waals surface area contributed by atoms with Crippen molar-refractivity contribution in [3.05, 3.63) is 29.3 Å². The minimum atomic E-state index is 0.169. The highest BCUT2D eigenvalue weighted by atomic mass is 16.5. The summed E-state index contributed by atoms with van der Waals surface area (Å²) in [5.41, 5.74) is 2.37. The van der Waals surface area contributed by atoms with Crippen molar-refractivity contribution < 1.29 is 9.53 Å². The molecule has 1 aromatic carbocycles. The molecule has 0 aliphatic carbocycles. The van der Waals surface area contributed by atoms with Gasteiger partial charge in [-0.25, -0.2) is 0 Å². The zero-order valence-corrected chi connectivity index (χ0v) is 14.5. The van der Waals surface area contributed by atoms with Crippen molar-refractivity contribution >= 4 is 5.91 Å². The van der Waals surface area contributed by atoms with Crippen LogP contribution < -0.4 is 15.4 Å². The lowest BCUT2D eigenvalue weighted by molar-refractivity contribution is -0.121. The van der Waals surface area contributed by atoms with E-state index in [9.17, 15) is 4.79 Å². The standard InChI is InChI=1S/C19H30N2O2/c1-15-6-7-16(2)18(13-15)23-12-4-3-5-19(22)21-11-9-17-8-10-20-14-17/h6-7,13,17,20H,3-5,8-12,14H2,1-2H3,(H,21,22). The van der Waals surface area contributed by atoms with Crippen LogP contribution in [0.25, 0.3) is 0 Å². The maximum Gasteiger partial charge on any atom is 0.219 e. The van der Waals surface area contributed by atoms with Gasteiger partial charge in [0.25, 0.3) is 0 Å². The smallest absolute Gasteiger partial charge is 0.219 e. The molecule has 1 aliphatic rings. The van der Waals surface area contributed by atoms with Crippen molar-refractivity contribution in [1.29, 1.82) is 0 Å². The first-order valence-electron chi connectivity index (χ1n) is 8.82. The Bertz CT molecular complexity index is 496. The van der Waals surface area contributed by atoms with Gasteiger partial charge in [-0.1, -0.05) is 12.1 Å². The van der Waals surface area contributed by atoms with E-state index in [2.05, 4.69) is 42.7 Å². The molecule has 1 aliphatic heterocycles. The van der Waals surface area contributed by atoms with Crippen molar-refractivity contribution in [2.75, 3.05) is 26.2 Å². The van der Waals surface area contributed by atoms with Crippen molar-refractivity contribution in [3.8, 4) is 5.75 Å². The third-order valence-corrected chi connectivity index (χ3v) is 4.44. The quantitative estimate of drug-likeness (QED) is 0.688. The number of hydrogen-bond donors (Lipinski definition) is 2. The van der Waals surface area contributed by atoms with E-state index in [0.717, 1.165) is 56.1 Å². The number of nitrogens with one attached hydrogen (secondary N) is 2. The van der Waals surface area contributed by atoms with Crippen LogP contribution in [-0.4, -0.2) is 32.1 Å². The molecule has 2 N–H and O–H groups in total. The van der Waals surface area contributed by atoms with Gasteiger partial charge in [0.15, 0.2) is 0 Å². The highest BCUT2D eigenvalue weighted by molar-refractivity contribution is 5.75. The first-order valence-corrected chi connectivity index (χ1v) is 8.82. The van der Waals surface area contributed by atoms with Gasteiger partial charge in [0, 0.05) is 13.0 Å². The first-order chi connectivity index (χ1) is 11.1. The molecule has 0 radical (unpaired) electrons. The summed E-state index contributed by atoms with van der Waals surface area (Å²) in [6.07, 6.45) is 4.72. The van der Waals surface area contributed by atoms with Crippen molar-refractivity contribution in [1.82, 2.24) is 10.6 Å². The SMILES string of the molecule is Cc1ccc(C)c(OCCCCC(=O)NCCC2CCNC2)c1. The van der Waals surface area contributed by atoms with E-state index in [0.29, 0.717) is 13.0 Å². The van der Waals surface area contributed by atoms with Gasteiger partial charge >= 0.3 is 0 Å². The largest absolute Gasteiger partial charge is 0.493 e. The molecule has 0 aromatic heterocycles. The van der Waals surface area contributed by atoms with Crippen LogP contribution in [0.2, 0.25) is 0 Å². The molecule has 0 bridgehead atoms. The van der Waals surface area contributed by atoms with Crippen molar-refractivity contribution in [3.63, 3.8) is 0 Å². The van der Waals surface area contributed by atoms with Gasteiger partial charge in [0.2, 0.25) is 5.91 Å². The Balaban J connectivity index is 1.51. The maximum absolute atomic E-state index is 11.8. The Morgan fingerprint density at radius 1 is 1.35 bits per heavy atom. The van der Waals surface area contributed by atoms with Crippen LogP contribution in [0.1, 0.15) is 43.2 Å². The molecule has 1 heterocycles. The summed E-state index contributed by atoms with van der Waals surface area (Å²) in [4.78, 5) is 11.8. The third-order valence-electron chi connectivity index (χ3n) is 4.44. The number of carbonyl (C=O) groups excluding carboxylic acids is 1. The average molecular weight is 318 g/mol. The Hall–Kier alpha value is -1.55. The zero-order valence-electron chi connectivity index (χ0n) is 14.5. The molecule has 4 heteroatoms. The number of rotatable bonds is 9. The van der Waals surface area contributed by atoms with E-state index in [1.165, 1.54) is 12.0 Å². The predicted octanol–water partition coefficient (Wildman–Crippen LogP) is 2.97. The number of ether oxygens (including phenoxy) is 1. The van der Waals surface area contributed by atoms with E-state index < -0.39 is 0 Å². The molecule has 2 rings (SSSR count). The topological polar surface area (TPSA) is 50.4 Å². The molecule has 1 saturated heterocycles. The molecule has 23 heavy (non-hydrogen) atoms. The maximum atomic E-state index is 11.8. The van der Waals surface area contributed by atoms with E-state index >= 15 is 0 Å². The number of carbonyl (C=O) groups is 1. The van der Waals surface area contributed by atoms with Gasteiger partial charge in [-0.05, 0) is 75.7 Å². The number of aryl methyl sites for hydroxylation is 2. The number of benzene rings is 1. The lowest BCUT2D eigenvalue weighted by atomic mass is 10.1. The van der Waals surface area contributed by atoms with Crippen LogP contribution in [0.4, 0.5) is 0 Å². The average Bonchev–Trinajstić information content (AvgIpc) is 3.03. The fourth-order valence-electron chi connectivity index (χ4n) is 2.90. The molecule has 1 amide bonds. The lowest BCUT2D eigenvalue weighted by Crippen LogP contribution is -2.26. The number of hydrogen-bond acceptors (Lipinski definition) is 3. The molecular weight excluding hydrogens is 288 g/mol. The zero-order chi connectivity index (χ0) is 16.5. The Morgan fingerprint density at radius 3 is 3.00 bits per heavy atom. The van der Waals surface area contributed by atoms with Gasteiger partial charge in [-0.2, -0.15) is 0 Å². The van der Waals surface area contributed by atoms with E-state index in [-0.39, 0.29) is 5.91 Å². The second-order valence-corrected chi connectivity index (χ2v) is 6.57. The van der Waals surface area contributed by atoms with Crippen LogP contribution in [0, 0.1) is 19.8 Å². The normalized spacial score (nSPS) is 17.2. The Kier molecular flexibility index (Phi) is 7.40. The van der Waals surface area contributed by atoms with Crippen LogP contribution in [0.15, 0.2) is 18.2 Å². The Morgan fingerprint density at radius 2 is 2.22 bits per heavy atom. The molecular formula is C19H30N2O2. The predicted molar refractivity (Wildman–Crippen MR) is 93.9 cm³/mol. The lowest BCUT2D eigenvalue weighted by Gasteiger charge is -2.11. The molecule has 128 valence electrons. The molecule has 1 aromatic rings. The van der Waals surface area contributed by atoms with Crippen LogP contribution >= 0.6 is 0 Å². The van der Waals surface area contributed by atoms with Crippen LogP contribution in [0.5, 0.6) is 5.75 Å². The Labute approximate surface area is 140 Å². The van der Waals surface area contributed by atoms with E-state index in [1.54, 1.807) is 0 Å². The van der Waals surface area contributed by atoms with Gasteiger partial charge in [0.05, 0.1) is 6.61 Å². The van der Waals surface area contributed by atoms with E-state index in [4.69, 9.17) is 4.74 Å². The number of unbranched alkanes of at least 4 members (excludes halogenated alkanes) is 1. The summed E-state index contributed by atoms with van der Waals surface area (Å²) in [5.74, 6) is 1.86. The van der Waals surface area contributed by atoms with Gasteiger partial charge < -0.3 is 15.4 Å². The second kappa shape index (κ2) is 9.56. The van der Waals surface area contributed by atoms with Crippen LogP contribution in [0.3, 0.4) is 0 Å². The molecule has 0 spiro atoms. The monoisotopic (exact) mass is 318 g/mol. The second-order valence-electron chi connectivity index (χ2n) is 6.57. The highest BCUT2D eigenvalue weighted by Gasteiger charge is 2.13. The van der Waals surface area contributed by atoms with Crippen molar-refractivity contribution in [2.45, 2.75) is 46.0 Å². The molecule has 4 nitrogen and oxygen atoms in total. The summed E-state index contributed by atoms with van der Waals surface area (Å²) in [7, 11) is 0. The molecule has 0 saturated carbocycles. The first kappa shape index (κ1) is 17.8. The fraction of sp³-hybridized carbons (Fsp3) is 0.632. The van der Waals surface area contributed by atoms with Gasteiger partial charge in [-0.3, -0.25) is 4.79 Å². The fourth-order valence-corrected chi connectivity index (χ4v) is 2.90. The van der Waals surface area contributed by atoms with Crippen molar-refractivity contribution in [2.24, 2.45) is 5.92 Å². The summed E-state index contributed by atoms with van der Waals surface area (Å²) in [5, 5.41) is 6.38. The highest BCUT2D eigenvalue weighted by Crippen LogP contribution is 2.19.